The number of rotatable bonds is 6. The second kappa shape index (κ2) is 6.30. The Morgan fingerprint density at radius 3 is 2.15 bits per heavy atom. The predicted octanol–water partition coefficient (Wildman–Crippen LogP) is 2.87. The predicted molar refractivity (Wildman–Crippen MR) is 58.2 cm³/mol. The molecule has 0 heterocycles. The molecule has 13 heavy (non-hydrogen) atoms. The molecule has 0 fully saturated rings. The first kappa shape index (κ1) is 12.8. The van der Waals surface area contributed by atoms with Gasteiger partial charge in [0, 0.05) is 5.75 Å². The highest BCUT2D eigenvalue weighted by atomic mass is 32.2. The molecule has 0 aromatic heterocycles. The van der Waals surface area contributed by atoms with E-state index < -0.39 is 5.97 Å². The van der Waals surface area contributed by atoms with Crippen molar-refractivity contribution in [3.8, 4) is 0 Å². The van der Waals surface area contributed by atoms with E-state index in [1.807, 2.05) is 0 Å². The first-order chi connectivity index (χ1) is 5.93. The Hall–Kier alpha value is -0.180. The van der Waals surface area contributed by atoms with Crippen molar-refractivity contribution in [2.45, 2.75) is 39.4 Å². The van der Waals surface area contributed by atoms with Crippen LogP contribution in [0, 0.1) is 11.8 Å². The first-order valence-corrected chi connectivity index (χ1v) is 5.82. The van der Waals surface area contributed by atoms with Crippen molar-refractivity contribution >= 4 is 17.7 Å². The van der Waals surface area contributed by atoms with Crippen LogP contribution >= 0.6 is 11.8 Å². The number of carbonyl (C=O) groups is 1. The lowest BCUT2D eigenvalue weighted by Crippen LogP contribution is -2.19. The van der Waals surface area contributed by atoms with Crippen LogP contribution in [0.15, 0.2) is 0 Å². The fourth-order valence-electron chi connectivity index (χ4n) is 1.12. The van der Waals surface area contributed by atoms with Crippen LogP contribution in [-0.4, -0.2) is 22.1 Å². The molecule has 0 saturated heterocycles. The van der Waals surface area contributed by atoms with Gasteiger partial charge in [-0.25, -0.2) is 0 Å². The molecule has 0 aliphatic heterocycles. The molecule has 1 N–H and O–H groups in total. The molecular weight excluding hydrogens is 184 g/mol. The number of thioether (sulfide) groups is 1. The van der Waals surface area contributed by atoms with Crippen LogP contribution in [0.5, 0.6) is 0 Å². The topological polar surface area (TPSA) is 37.3 Å². The lowest BCUT2D eigenvalue weighted by molar-refractivity contribution is -0.141. The number of carboxylic acid groups (broad SMARTS) is 1. The molecule has 0 aliphatic rings. The van der Waals surface area contributed by atoms with Crippen molar-refractivity contribution in [3.63, 3.8) is 0 Å². The summed E-state index contributed by atoms with van der Waals surface area (Å²) in [5, 5.41) is 9.44. The summed E-state index contributed by atoms with van der Waals surface area (Å²) in [7, 11) is 0. The zero-order valence-electron chi connectivity index (χ0n) is 8.91. The van der Waals surface area contributed by atoms with Crippen LogP contribution in [0.25, 0.3) is 0 Å². The third-order valence-corrected chi connectivity index (χ3v) is 3.00. The fraction of sp³-hybridized carbons (Fsp3) is 0.900. The highest BCUT2D eigenvalue weighted by molar-refractivity contribution is 7.99. The Morgan fingerprint density at radius 2 is 1.85 bits per heavy atom. The van der Waals surface area contributed by atoms with E-state index in [-0.39, 0.29) is 5.92 Å². The normalized spacial score (nSPS) is 13.7. The smallest absolute Gasteiger partial charge is 0.307 e. The summed E-state index contributed by atoms with van der Waals surface area (Å²) < 4.78 is 0. The van der Waals surface area contributed by atoms with Gasteiger partial charge in [0.15, 0.2) is 0 Å². The van der Waals surface area contributed by atoms with Gasteiger partial charge in [-0.1, -0.05) is 27.7 Å². The molecule has 0 amide bonds. The van der Waals surface area contributed by atoms with E-state index in [0.717, 1.165) is 12.2 Å². The standard InChI is InChI=1S/C10H20O2S/c1-7(2)5-9(10(11)12)6-13-8(3)4/h7-9H,5-6H2,1-4H3,(H,11,12). The molecule has 0 aromatic carbocycles. The zero-order chi connectivity index (χ0) is 10.4. The van der Waals surface area contributed by atoms with E-state index in [9.17, 15) is 4.79 Å². The third kappa shape index (κ3) is 6.94. The van der Waals surface area contributed by atoms with Gasteiger partial charge in [-0.05, 0) is 17.6 Å². The van der Waals surface area contributed by atoms with Gasteiger partial charge in [0.05, 0.1) is 5.92 Å². The van der Waals surface area contributed by atoms with Gasteiger partial charge in [0.1, 0.15) is 0 Å². The molecule has 0 aromatic rings. The fourth-order valence-corrected chi connectivity index (χ4v) is 2.01. The van der Waals surface area contributed by atoms with Gasteiger partial charge >= 0.3 is 5.97 Å². The minimum Gasteiger partial charge on any atom is -0.481 e. The van der Waals surface area contributed by atoms with Crippen molar-refractivity contribution in [1.82, 2.24) is 0 Å². The molecule has 0 rings (SSSR count). The second-order valence-corrected chi connectivity index (χ2v) is 5.66. The van der Waals surface area contributed by atoms with Gasteiger partial charge < -0.3 is 5.11 Å². The maximum absolute atomic E-state index is 10.8. The second-order valence-electron chi connectivity index (χ2n) is 4.05. The van der Waals surface area contributed by atoms with Gasteiger partial charge in [-0.3, -0.25) is 4.79 Å². The minimum atomic E-state index is -0.651. The molecule has 78 valence electrons. The summed E-state index contributed by atoms with van der Waals surface area (Å²) in [6, 6.07) is 0. The third-order valence-electron chi connectivity index (χ3n) is 1.74. The number of aliphatic carboxylic acids is 1. The molecule has 0 spiro atoms. The number of carboxylic acids is 1. The van der Waals surface area contributed by atoms with Gasteiger partial charge in [-0.2, -0.15) is 11.8 Å². The Labute approximate surface area is 85.1 Å². The maximum atomic E-state index is 10.8. The zero-order valence-corrected chi connectivity index (χ0v) is 9.73. The number of hydrogen-bond donors (Lipinski definition) is 1. The van der Waals surface area contributed by atoms with Crippen LogP contribution in [0.4, 0.5) is 0 Å². The molecule has 0 saturated carbocycles. The van der Waals surface area contributed by atoms with Crippen LogP contribution in [-0.2, 0) is 4.79 Å². The Morgan fingerprint density at radius 1 is 1.31 bits per heavy atom. The van der Waals surface area contributed by atoms with Crippen LogP contribution in [0.2, 0.25) is 0 Å². The maximum Gasteiger partial charge on any atom is 0.307 e. The van der Waals surface area contributed by atoms with Crippen molar-refractivity contribution in [3.05, 3.63) is 0 Å². The highest BCUT2D eigenvalue weighted by Crippen LogP contribution is 2.20. The Bertz CT molecular complexity index is 155. The van der Waals surface area contributed by atoms with E-state index in [2.05, 4.69) is 27.7 Å². The van der Waals surface area contributed by atoms with Crippen molar-refractivity contribution < 1.29 is 9.90 Å². The summed E-state index contributed by atoms with van der Waals surface area (Å²) >= 11 is 1.73. The van der Waals surface area contributed by atoms with E-state index in [0.29, 0.717) is 11.2 Å². The van der Waals surface area contributed by atoms with Gasteiger partial charge in [0.25, 0.3) is 0 Å². The van der Waals surface area contributed by atoms with Gasteiger partial charge in [0.2, 0.25) is 0 Å². The lowest BCUT2D eigenvalue weighted by Gasteiger charge is -2.15. The van der Waals surface area contributed by atoms with Crippen molar-refractivity contribution in [2.75, 3.05) is 5.75 Å². The average molecular weight is 204 g/mol. The van der Waals surface area contributed by atoms with Crippen LogP contribution in [0.3, 0.4) is 0 Å². The molecule has 3 heteroatoms. The molecule has 0 radical (unpaired) electrons. The lowest BCUT2D eigenvalue weighted by atomic mass is 9.99. The number of hydrogen-bond acceptors (Lipinski definition) is 2. The molecule has 0 aliphatic carbocycles. The summed E-state index contributed by atoms with van der Waals surface area (Å²) in [5.74, 6) is 0.383. The molecular formula is C10H20O2S. The van der Waals surface area contributed by atoms with E-state index >= 15 is 0 Å². The molecule has 0 bridgehead atoms. The van der Waals surface area contributed by atoms with Crippen LogP contribution < -0.4 is 0 Å². The quantitative estimate of drug-likeness (QED) is 0.723. The van der Waals surface area contributed by atoms with Gasteiger partial charge in [-0.15, -0.1) is 0 Å². The van der Waals surface area contributed by atoms with Crippen molar-refractivity contribution in [1.29, 1.82) is 0 Å². The molecule has 1 unspecified atom stereocenters. The summed E-state index contributed by atoms with van der Waals surface area (Å²) in [6.07, 6.45) is 0.787. The Balaban J connectivity index is 3.88. The average Bonchev–Trinajstić information content (AvgIpc) is 1.96. The monoisotopic (exact) mass is 204 g/mol. The van der Waals surface area contributed by atoms with E-state index in [1.54, 1.807) is 11.8 Å². The van der Waals surface area contributed by atoms with E-state index in [1.165, 1.54) is 0 Å². The Kier molecular flexibility index (Phi) is 6.21. The van der Waals surface area contributed by atoms with Crippen molar-refractivity contribution in [2.24, 2.45) is 11.8 Å². The highest BCUT2D eigenvalue weighted by Gasteiger charge is 2.18. The van der Waals surface area contributed by atoms with E-state index in [4.69, 9.17) is 5.11 Å². The summed E-state index contributed by atoms with van der Waals surface area (Å²) in [4.78, 5) is 10.8. The SMILES string of the molecule is CC(C)CC(CSC(C)C)C(=O)O. The summed E-state index contributed by atoms with van der Waals surface area (Å²) in [6.45, 7) is 8.32. The molecule has 1 atom stereocenters. The molecule has 2 nitrogen and oxygen atoms in total. The summed E-state index contributed by atoms with van der Waals surface area (Å²) in [5.41, 5.74) is 0. The minimum absolute atomic E-state index is 0.174. The first-order valence-electron chi connectivity index (χ1n) is 4.77. The van der Waals surface area contributed by atoms with Crippen LogP contribution in [0.1, 0.15) is 34.1 Å². The largest absolute Gasteiger partial charge is 0.481 e.